The molecule has 1 atom stereocenters. The van der Waals surface area contributed by atoms with Crippen LogP contribution in [-0.2, 0) is 9.47 Å². The summed E-state index contributed by atoms with van der Waals surface area (Å²) in [5.41, 5.74) is 0. The van der Waals surface area contributed by atoms with Gasteiger partial charge >= 0.3 is 6.09 Å². The lowest BCUT2D eigenvalue weighted by Crippen LogP contribution is -2.31. The Morgan fingerprint density at radius 1 is 1.35 bits per heavy atom. The zero-order chi connectivity index (χ0) is 12.3. The van der Waals surface area contributed by atoms with Crippen LogP contribution in [0.2, 0.25) is 0 Å². The molecule has 0 aliphatic heterocycles. The van der Waals surface area contributed by atoms with Crippen LogP contribution >= 0.6 is 0 Å². The molecule has 0 fully saturated rings. The van der Waals surface area contributed by atoms with Crippen LogP contribution < -0.4 is 5.32 Å². The molecule has 1 amide bonds. The molecule has 0 bridgehead atoms. The van der Waals surface area contributed by atoms with Gasteiger partial charge in [-0.3, -0.25) is 0 Å². The van der Waals surface area contributed by atoms with Crippen molar-refractivity contribution >= 4 is 6.09 Å². The lowest BCUT2D eigenvalue weighted by molar-refractivity contribution is 0.0827. The quantitative estimate of drug-likeness (QED) is 0.593. The molecular formula is C13H22NO3. The van der Waals surface area contributed by atoms with Gasteiger partial charge in [0, 0.05) is 13.2 Å². The minimum atomic E-state index is -0.341. The summed E-state index contributed by atoms with van der Waals surface area (Å²) in [5, 5.41) is 2.67. The summed E-state index contributed by atoms with van der Waals surface area (Å²) >= 11 is 0. The third-order valence-electron chi connectivity index (χ3n) is 2.65. The number of carbonyl (C=O) groups excluding carboxylic acids is 1. The molecule has 1 N–H and O–H groups in total. The van der Waals surface area contributed by atoms with Gasteiger partial charge in [-0.05, 0) is 39.0 Å². The van der Waals surface area contributed by atoms with Gasteiger partial charge in [0.1, 0.15) is 6.10 Å². The van der Waals surface area contributed by atoms with E-state index in [0.717, 1.165) is 32.1 Å². The normalized spacial score (nSPS) is 22.3. The Bertz CT molecular complexity index is 241. The summed E-state index contributed by atoms with van der Waals surface area (Å²) in [6.45, 7) is 4.92. The molecule has 97 valence electrons. The Hall–Kier alpha value is -1.03. The second kappa shape index (κ2) is 9.05. The fourth-order valence-corrected chi connectivity index (χ4v) is 1.76. The van der Waals surface area contributed by atoms with Gasteiger partial charge < -0.3 is 14.8 Å². The largest absolute Gasteiger partial charge is 0.446 e. The molecule has 0 aromatic carbocycles. The van der Waals surface area contributed by atoms with E-state index >= 15 is 0 Å². The lowest BCUT2D eigenvalue weighted by atomic mass is 10.0. The molecule has 1 rings (SSSR count). The van der Waals surface area contributed by atoms with E-state index in [0.29, 0.717) is 19.8 Å². The lowest BCUT2D eigenvalue weighted by Gasteiger charge is -2.18. The molecule has 0 saturated carbocycles. The number of hydrogen-bond donors (Lipinski definition) is 1. The van der Waals surface area contributed by atoms with Gasteiger partial charge in [0.25, 0.3) is 0 Å². The van der Waals surface area contributed by atoms with E-state index in [4.69, 9.17) is 9.47 Å². The smallest absolute Gasteiger partial charge is 0.407 e. The minimum absolute atomic E-state index is 0.0497. The van der Waals surface area contributed by atoms with Crippen molar-refractivity contribution < 1.29 is 14.3 Å². The number of amides is 1. The van der Waals surface area contributed by atoms with Crippen molar-refractivity contribution in [3.8, 4) is 0 Å². The first-order valence-electron chi connectivity index (χ1n) is 6.29. The van der Waals surface area contributed by atoms with Crippen LogP contribution in [0.25, 0.3) is 0 Å². The fourth-order valence-electron chi connectivity index (χ4n) is 1.76. The van der Waals surface area contributed by atoms with E-state index in [1.54, 1.807) is 0 Å². The molecule has 1 aliphatic carbocycles. The number of allylic oxidation sites excluding steroid dienone is 2. The van der Waals surface area contributed by atoms with Crippen molar-refractivity contribution in [2.45, 2.75) is 38.2 Å². The summed E-state index contributed by atoms with van der Waals surface area (Å²) in [7, 11) is 0. The maximum absolute atomic E-state index is 11.5. The molecule has 17 heavy (non-hydrogen) atoms. The molecule has 4 nitrogen and oxygen atoms in total. The molecular weight excluding hydrogens is 218 g/mol. The van der Waals surface area contributed by atoms with Gasteiger partial charge in [-0.1, -0.05) is 12.2 Å². The van der Waals surface area contributed by atoms with Gasteiger partial charge in [-0.25, -0.2) is 4.79 Å². The highest BCUT2D eigenvalue weighted by Gasteiger charge is 2.13. The first-order chi connectivity index (χ1) is 8.33. The number of alkyl carbamates (subject to hydrolysis) is 1. The number of ether oxygens (including phenoxy) is 2. The second-order valence-electron chi connectivity index (χ2n) is 4.05. The first kappa shape index (κ1) is 14.0. The Labute approximate surface area is 103 Å². The summed E-state index contributed by atoms with van der Waals surface area (Å²) in [6.07, 6.45) is 9.09. The van der Waals surface area contributed by atoms with Crippen molar-refractivity contribution in [1.82, 2.24) is 5.32 Å². The SMILES string of the molecule is [CH2]COCCNC(=O)OC1CC/C=C\CCC1. The van der Waals surface area contributed by atoms with Crippen LogP contribution in [-0.4, -0.2) is 32.0 Å². The Balaban J connectivity index is 2.13. The highest BCUT2D eigenvalue weighted by Crippen LogP contribution is 2.15. The van der Waals surface area contributed by atoms with Crippen molar-refractivity contribution in [3.05, 3.63) is 19.1 Å². The zero-order valence-electron chi connectivity index (χ0n) is 10.3. The standard InChI is InChI=1S/C13H22NO3/c1-2-16-11-10-14-13(15)17-12-8-6-4-3-5-7-9-12/h3-4,12H,1-2,5-11H2,(H,14,15)/b4-3-. The molecule has 0 spiro atoms. The zero-order valence-corrected chi connectivity index (χ0v) is 10.3. The van der Waals surface area contributed by atoms with Crippen LogP contribution in [0.4, 0.5) is 4.79 Å². The molecule has 1 unspecified atom stereocenters. The monoisotopic (exact) mass is 240 g/mol. The van der Waals surface area contributed by atoms with Crippen LogP contribution in [0.15, 0.2) is 12.2 Å². The fraction of sp³-hybridized carbons (Fsp3) is 0.692. The highest BCUT2D eigenvalue weighted by molar-refractivity contribution is 5.67. The second-order valence-corrected chi connectivity index (χ2v) is 4.05. The van der Waals surface area contributed by atoms with Crippen molar-refractivity contribution in [2.24, 2.45) is 0 Å². The van der Waals surface area contributed by atoms with Crippen molar-refractivity contribution in [1.29, 1.82) is 0 Å². The number of nitrogens with one attached hydrogen (secondary N) is 1. The molecule has 4 heteroatoms. The molecule has 1 aliphatic rings. The topological polar surface area (TPSA) is 47.6 Å². The minimum Gasteiger partial charge on any atom is -0.446 e. The van der Waals surface area contributed by atoms with E-state index in [-0.39, 0.29) is 12.2 Å². The third-order valence-corrected chi connectivity index (χ3v) is 2.65. The van der Waals surface area contributed by atoms with Gasteiger partial charge in [0.15, 0.2) is 0 Å². The molecule has 0 aromatic heterocycles. The summed E-state index contributed by atoms with van der Waals surface area (Å²) < 4.78 is 10.4. The highest BCUT2D eigenvalue weighted by atomic mass is 16.6. The molecule has 0 heterocycles. The average molecular weight is 240 g/mol. The summed E-state index contributed by atoms with van der Waals surface area (Å²) in [4.78, 5) is 11.5. The van der Waals surface area contributed by atoms with Crippen LogP contribution in [0.3, 0.4) is 0 Å². The Morgan fingerprint density at radius 3 is 3.00 bits per heavy atom. The molecule has 1 radical (unpaired) electrons. The van der Waals surface area contributed by atoms with Crippen LogP contribution in [0.5, 0.6) is 0 Å². The molecule has 0 aromatic rings. The maximum atomic E-state index is 11.5. The van der Waals surface area contributed by atoms with Gasteiger partial charge in [0.05, 0.1) is 6.61 Å². The first-order valence-corrected chi connectivity index (χ1v) is 6.29. The van der Waals surface area contributed by atoms with Crippen molar-refractivity contribution in [2.75, 3.05) is 19.8 Å². The average Bonchev–Trinajstić information content (AvgIpc) is 2.28. The van der Waals surface area contributed by atoms with Gasteiger partial charge in [-0.15, -0.1) is 0 Å². The predicted molar refractivity (Wildman–Crippen MR) is 66.7 cm³/mol. The van der Waals surface area contributed by atoms with E-state index in [1.165, 1.54) is 0 Å². The van der Waals surface area contributed by atoms with Crippen LogP contribution in [0, 0.1) is 6.92 Å². The third kappa shape index (κ3) is 7.00. The Kier molecular flexibility index (Phi) is 7.47. The van der Waals surface area contributed by atoms with E-state index in [1.807, 2.05) is 0 Å². The molecule has 0 saturated heterocycles. The van der Waals surface area contributed by atoms with Crippen molar-refractivity contribution in [3.63, 3.8) is 0 Å². The van der Waals surface area contributed by atoms with E-state index in [9.17, 15) is 4.79 Å². The maximum Gasteiger partial charge on any atom is 0.407 e. The number of carbonyl (C=O) groups is 1. The van der Waals surface area contributed by atoms with Gasteiger partial charge in [-0.2, -0.15) is 0 Å². The number of hydrogen-bond acceptors (Lipinski definition) is 3. The van der Waals surface area contributed by atoms with E-state index < -0.39 is 0 Å². The summed E-state index contributed by atoms with van der Waals surface area (Å²) in [6, 6.07) is 0. The Morgan fingerprint density at radius 2 is 2.18 bits per heavy atom. The van der Waals surface area contributed by atoms with E-state index in [2.05, 4.69) is 24.4 Å². The number of rotatable bonds is 5. The van der Waals surface area contributed by atoms with Gasteiger partial charge in [0.2, 0.25) is 0 Å². The summed E-state index contributed by atoms with van der Waals surface area (Å²) in [5.74, 6) is 0. The predicted octanol–water partition coefficient (Wildman–Crippen LogP) is 2.45. The van der Waals surface area contributed by atoms with Crippen LogP contribution in [0.1, 0.15) is 32.1 Å².